The van der Waals surface area contributed by atoms with Crippen LogP contribution in [-0.4, -0.2) is 53.3 Å². The second kappa shape index (κ2) is 8.66. The molecule has 8 nitrogen and oxygen atoms in total. The van der Waals surface area contributed by atoms with Crippen LogP contribution in [0.25, 0.3) is 11.3 Å². The van der Waals surface area contributed by atoms with Crippen LogP contribution in [0.4, 0.5) is 16.0 Å². The lowest BCUT2D eigenvalue weighted by Gasteiger charge is -2.27. The van der Waals surface area contributed by atoms with E-state index in [1.165, 1.54) is 19.4 Å². The molecule has 0 spiro atoms. The number of benzene rings is 1. The zero-order valence-corrected chi connectivity index (χ0v) is 19.0. The minimum atomic E-state index is -0.470. The Kier molecular flexibility index (Phi) is 5.66. The molecule has 1 aromatic carbocycles. The number of aliphatic hydroxyl groups is 1. The summed E-state index contributed by atoms with van der Waals surface area (Å²) >= 11 is 0. The Bertz CT molecular complexity index is 1270. The number of rotatable bonds is 5. The molecule has 3 aromatic rings. The molecule has 176 valence electrons. The summed E-state index contributed by atoms with van der Waals surface area (Å²) in [5.41, 5.74) is 8.77. The van der Waals surface area contributed by atoms with E-state index in [4.69, 9.17) is 15.5 Å². The predicted molar refractivity (Wildman–Crippen MR) is 126 cm³/mol. The van der Waals surface area contributed by atoms with E-state index in [0.717, 1.165) is 12.0 Å². The van der Waals surface area contributed by atoms with E-state index in [-0.39, 0.29) is 36.7 Å². The molecule has 2 aromatic heterocycles. The Morgan fingerprint density at radius 2 is 2.06 bits per heavy atom. The Morgan fingerprint density at radius 3 is 2.82 bits per heavy atom. The number of fused-ring (bicyclic) bond motifs is 1. The van der Waals surface area contributed by atoms with Crippen LogP contribution >= 0.6 is 0 Å². The summed E-state index contributed by atoms with van der Waals surface area (Å²) in [5, 5.41) is 9.82. The van der Waals surface area contributed by atoms with Crippen LogP contribution in [0.1, 0.15) is 27.9 Å². The fraction of sp³-hybridized carbons (Fsp3) is 0.320. The standard InChI is InChI=1S/C25H26FN5O3/c1-14-10-21(30-9-7-18(27)19(30)13-32)29-22(11-14)31-12-16-15(25(31)33)6-8-28-24(16)23-17(26)4-3-5-20(23)34-2/h3-6,8,10-11,18-19,32H,7,9,12-13,27H2,1-2H3/t18-,19-/m1/s1. The van der Waals surface area contributed by atoms with Gasteiger partial charge in [0.2, 0.25) is 0 Å². The summed E-state index contributed by atoms with van der Waals surface area (Å²) in [6.45, 7) is 2.74. The molecule has 0 saturated carbocycles. The summed E-state index contributed by atoms with van der Waals surface area (Å²) in [4.78, 5) is 26.1. The molecule has 1 saturated heterocycles. The monoisotopic (exact) mass is 463 g/mol. The number of aliphatic hydroxyl groups excluding tert-OH is 1. The number of aryl methyl sites for hydroxylation is 1. The number of pyridine rings is 2. The highest BCUT2D eigenvalue weighted by atomic mass is 19.1. The van der Waals surface area contributed by atoms with Gasteiger partial charge in [-0.25, -0.2) is 9.37 Å². The van der Waals surface area contributed by atoms with Gasteiger partial charge in [0, 0.05) is 29.9 Å². The zero-order valence-electron chi connectivity index (χ0n) is 19.0. The molecule has 5 rings (SSSR count). The minimum absolute atomic E-state index is 0.0697. The van der Waals surface area contributed by atoms with Gasteiger partial charge in [0.1, 0.15) is 23.2 Å². The summed E-state index contributed by atoms with van der Waals surface area (Å²) in [5.74, 6) is 0.806. The predicted octanol–water partition coefficient (Wildman–Crippen LogP) is 2.66. The molecule has 0 unspecified atom stereocenters. The van der Waals surface area contributed by atoms with E-state index in [2.05, 4.69) is 4.98 Å². The van der Waals surface area contributed by atoms with Crippen molar-refractivity contribution in [3.05, 3.63) is 65.1 Å². The summed E-state index contributed by atoms with van der Waals surface area (Å²) < 4.78 is 20.2. The number of halogens is 1. The van der Waals surface area contributed by atoms with Crippen molar-refractivity contribution in [2.45, 2.75) is 32.0 Å². The quantitative estimate of drug-likeness (QED) is 0.599. The number of hydrogen-bond acceptors (Lipinski definition) is 7. The average molecular weight is 464 g/mol. The van der Waals surface area contributed by atoms with E-state index in [1.54, 1.807) is 23.1 Å². The lowest BCUT2D eigenvalue weighted by Crippen LogP contribution is -2.42. The minimum Gasteiger partial charge on any atom is -0.496 e. The van der Waals surface area contributed by atoms with Crippen molar-refractivity contribution in [1.29, 1.82) is 0 Å². The summed E-state index contributed by atoms with van der Waals surface area (Å²) in [6, 6.07) is 9.63. The van der Waals surface area contributed by atoms with Gasteiger partial charge >= 0.3 is 0 Å². The highest BCUT2D eigenvalue weighted by Crippen LogP contribution is 2.39. The lowest BCUT2D eigenvalue weighted by atomic mass is 10.0. The zero-order chi connectivity index (χ0) is 24.0. The summed E-state index contributed by atoms with van der Waals surface area (Å²) in [7, 11) is 1.47. The van der Waals surface area contributed by atoms with Crippen molar-refractivity contribution in [2.24, 2.45) is 5.73 Å². The van der Waals surface area contributed by atoms with Gasteiger partial charge in [0.05, 0.1) is 37.6 Å². The maximum absolute atomic E-state index is 14.8. The van der Waals surface area contributed by atoms with Crippen molar-refractivity contribution < 1.29 is 19.0 Å². The number of hydrogen-bond donors (Lipinski definition) is 2. The fourth-order valence-electron chi connectivity index (χ4n) is 4.85. The Hall–Kier alpha value is -3.56. The van der Waals surface area contributed by atoms with Crippen LogP contribution in [0.3, 0.4) is 0 Å². The van der Waals surface area contributed by atoms with Gasteiger partial charge < -0.3 is 20.5 Å². The van der Waals surface area contributed by atoms with Gasteiger partial charge in [-0.3, -0.25) is 14.7 Å². The molecule has 1 amide bonds. The second-order valence-corrected chi connectivity index (χ2v) is 8.65. The largest absolute Gasteiger partial charge is 0.496 e. The number of nitrogens with zero attached hydrogens (tertiary/aromatic N) is 4. The number of amides is 1. The van der Waals surface area contributed by atoms with Crippen LogP contribution in [0.15, 0.2) is 42.6 Å². The van der Waals surface area contributed by atoms with Crippen molar-refractivity contribution >= 4 is 17.5 Å². The molecule has 0 bridgehead atoms. The van der Waals surface area contributed by atoms with Crippen molar-refractivity contribution in [3.8, 4) is 17.0 Å². The number of nitrogens with two attached hydrogens (primary N) is 1. The number of anilines is 2. The van der Waals surface area contributed by atoms with Crippen LogP contribution in [0.2, 0.25) is 0 Å². The van der Waals surface area contributed by atoms with Gasteiger partial charge in [-0.2, -0.15) is 0 Å². The first-order valence-electron chi connectivity index (χ1n) is 11.2. The molecule has 1 fully saturated rings. The lowest BCUT2D eigenvalue weighted by molar-refractivity contribution is 0.0996. The Morgan fingerprint density at radius 1 is 1.26 bits per heavy atom. The van der Waals surface area contributed by atoms with Crippen LogP contribution in [-0.2, 0) is 6.54 Å². The van der Waals surface area contributed by atoms with Crippen LogP contribution in [0.5, 0.6) is 5.75 Å². The van der Waals surface area contributed by atoms with Gasteiger partial charge in [0.15, 0.2) is 0 Å². The molecule has 2 aliphatic heterocycles. The van der Waals surface area contributed by atoms with Crippen molar-refractivity contribution in [1.82, 2.24) is 9.97 Å². The van der Waals surface area contributed by atoms with Crippen LogP contribution in [0, 0.1) is 12.7 Å². The molecule has 0 radical (unpaired) electrons. The van der Waals surface area contributed by atoms with Crippen molar-refractivity contribution in [3.63, 3.8) is 0 Å². The number of methoxy groups -OCH3 is 1. The molecule has 9 heteroatoms. The van der Waals surface area contributed by atoms with Crippen LogP contribution < -0.4 is 20.3 Å². The third kappa shape index (κ3) is 3.57. The van der Waals surface area contributed by atoms with E-state index in [0.29, 0.717) is 40.8 Å². The first-order valence-corrected chi connectivity index (χ1v) is 11.2. The molecule has 4 heterocycles. The van der Waals surface area contributed by atoms with Gasteiger partial charge in [-0.1, -0.05) is 6.07 Å². The molecular weight excluding hydrogens is 437 g/mol. The van der Waals surface area contributed by atoms with E-state index >= 15 is 0 Å². The Balaban J connectivity index is 1.55. The fourth-order valence-corrected chi connectivity index (χ4v) is 4.85. The number of carbonyl (C=O) groups is 1. The second-order valence-electron chi connectivity index (χ2n) is 8.65. The average Bonchev–Trinajstić information content (AvgIpc) is 3.38. The first kappa shape index (κ1) is 22.2. The van der Waals surface area contributed by atoms with Gasteiger partial charge in [-0.05, 0) is 49.2 Å². The normalized spacial score (nSPS) is 19.6. The number of aromatic nitrogens is 2. The molecule has 2 aliphatic rings. The molecule has 34 heavy (non-hydrogen) atoms. The number of ether oxygens (including phenoxy) is 1. The number of carbonyl (C=O) groups excluding carboxylic acids is 1. The maximum atomic E-state index is 14.8. The summed E-state index contributed by atoms with van der Waals surface area (Å²) in [6.07, 6.45) is 2.26. The molecule has 0 aliphatic carbocycles. The van der Waals surface area contributed by atoms with E-state index in [9.17, 15) is 14.3 Å². The molecule has 3 N–H and O–H groups in total. The van der Waals surface area contributed by atoms with E-state index in [1.807, 2.05) is 24.0 Å². The molecule has 2 atom stereocenters. The van der Waals surface area contributed by atoms with Gasteiger partial charge in [0.25, 0.3) is 5.91 Å². The SMILES string of the molecule is COc1cccc(F)c1-c1nccc2c1CN(c1cc(C)cc(N3CC[C@@H](N)[C@H]3CO)n1)C2=O. The topological polar surface area (TPSA) is 105 Å². The third-order valence-electron chi connectivity index (χ3n) is 6.58. The first-order chi connectivity index (χ1) is 16.4. The Labute approximate surface area is 196 Å². The third-order valence-corrected chi connectivity index (χ3v) is 6.58. The smallest absolute Gasteiger partial charge is 0.260 e. The maximum Gasteiger partial charge on any atom is 0.260 e. The molecular formula is C25H26FN5O3. The van der Waals surface area contributed by atoms with Crippen molar-refractivity contribution in [2.75, 3.05) is 30.1 Å². The van der Waals surface area contributed by atoms with E-state index < -0.39 is 5.82 Å². The van der Waals surface area contributed by atoms with Gasteiger partial charge in [-0.15, -0.1) is 0 Å². The highest BCUT2D eigenvalue weighted by molar-refractivity contribution is 6.10. The highest BCUT2D eigenvalue weighted by Gasteiger charge is 2.35.